The minimum absolute atomic E-state index is 0.198. The highest BCUT2D eigenvalue weighted by Crippen LogP contribution is 2.37. The number of benzene rings is 1. The first-order chi connectivity index (χ1) is 10.0. The number of halogens is 4. The molecule has 0 saturated carbocycles. The van der Waals surface area contributed by atoms with Crippen LogP contribution in [-0.4, -0.2) is 6.54 Å². The molecule has 21 heavy (non-hydrogen) atoms. The van der Waals surface area contributed by atoms with Crippen LogP contribution >= 0.6 is 59.1 Å². The van der Waals surface area contributed by atoms with Crippen LogP contribution in [0, 0.1) is 5.82 Å². The Hall–Kier alpha value is 0.250. The second kappa shape index (κ2) is 8.20. The topological polar surface area (TPSA) is 12.0 Å². The minimum atomic E-state index is -0.219. The lowest BCUT2D eigenvalue weighted by molar-refractivity contribution is 0.527. The number of nitrogens with one attached hydrogen (secondary N) is 1. The maximum absolute atomic E-state index is 13.2. The zero-order valence-corrected chi connectivity index (χ0v) is 17.0. The van der Waals surface area contributed by atoms with Gasteiger partial charge in [0.25, 0.3) is 0 Å². The van der Waals surface area contributed by atoms with E-state index in [0.717, 1.165) is 37.0 Å². The first kappa shape index (κ1) is 17.6. The molecule has 1 aromatic heterocycles. The van der Waals surface area contributed by atoms with Gasteiger partial charge in [0, 0.05) is 10.5 Å². The summed E-state index contributed by atoms with van der Waals surface area (Å²) in [6, 6.07) is 7.21. The maximum Gasteiger partial charge on any atom is 0.124 e. The summed E-state index contributed by atoms with van der Waals surface area (Å²) < 4.78 is 16.3. The monoisotopic (exact) mass is 497 g/mol. The van der Waals surface area contributed by atoms with Crippen LogP contribution in [0.25, 0.3) is 0 Å². The van der Waals surface area contributed by atoms with Crippen LogP contribution in [0.5, 0.6) is 0 Å². The van der Waals surface area contributed by atoms with Crippen molar-refractivity contribution in [2.24, 2.45) is 0 Å². The van der Waals surface area contributed by atoms with Crippen LogP contribution in [0.15, 0.2) is 36.3 Å². The molecule has 0 amide bonds. The molecule has 2 rings (SSSR count). The van der Waals surface area contributed by atoms with Crippen molar-refractivity contribution in [3.8, 4) is 0 Å². The van der Waals surface area contributed by atoms with E-state index < -0.39 is 0 Å². The molecular weight excluding hydrogens is 485 g/mol. The summed E-state index contributed by atoms with van der Waals surface area (Å²) in [6.45, 7) is 3.10. The Balaban J connectivity index is 2.26. The van der Waals surface area contributed by atoms with Gasteiger partial charge in [-0.1, -0.05) is 28.9 Å². The largest absolute Gasteiger partial charge is 0.310 e. The van der Waals surface area contributed by atoms with E-state index >= 15 is 0 Å². The van der Waals surface area contributed by atoms with E-state index in [1.165, 1.54) is 17.7 Å². The van der Waals surface area contributed by atoms with Crippen LogP contribution in [-0.2, 0) is 6.42 Å². The van der Waals surface area contributed by atoms with Gasteiger partial charge in [0.1, 0.15) is 5.82 Å². The van der Waals surface area contributed by atoms with Gasteiger partial charge in [0.2, 0.25) is 0 Å². The quantitative estimate of drug-likeness (QED) is 0.481. The first-order valence-electron chi connectivity index (χ1n) is 6.63. The summed E-state index contributed by atoms with van der Waals surface area (Å²) in [5.74, 6) is -0.219. The molecular formula is C15H15Br3FNS. The fourth-order valence-corrected chi connectivity index (χ4v) is 5.60. The van der Waals surface area contributed by atoms with Gasteiger partial charge < -0.3 is 5.32 Å². The summed E-state index contributed by atoms with van der Waals surface area (Å²) >= 11 is 12.3. The van der Waals surface area contributed by atoms with Crippen molar-refractivity contribution in [2.75, 3.05) is 6.54 Å². The van der Waals surface area contributed by atoms with Gasteiger partial charge in [-0.25, -0.2) is 4.39 Å². The van der Waals surface area contributed by atoms with Crippen LogP contribution in [0.4, 0.5) is 4.39 Å². The van der Waals surface area contributed by atoms with E-state index in [9.17, 15) is 4.39 Å². The fourth-order valence-electron chi connectivity index (χ4n) is 2.11. The third-order valence-electron chi connectivity index (χ3n) is 3.14. The van der Waals surface area contributed by atoms with E-state index in [-0.39, 0.29) is 11.9 Å². The molecule has 0 aliphatic carbocycles. The van der Waals surface area contributed by atoms with Gasteiger partial charge in [-0.2, -0.15) is 0 Å². The van der Waals surface area contributed by atoms with Crippen molar-refractivity contribution in [2.45, 2.75) is 25.8 Å². The normalized spacial score (nSPS) is 12.6. The number of hydrogen-bond donors (Lipinski definition) is 1. The molecule has 0 aliphatic rings. The lowest BCUT2D eigenvalue weighted by Crippen LogP contribution is -2.24. The molecule has 0 aliphatic heterocycles. The van der Waals surface area contributed by atoms with E-state index in [2.05, 4.69) is 66.1 Å². The highest BCUT2D eigenvalue weighted by molar-refractivity contribution is 9.12. The van der Waals surface area contributed by atoms with Gasteiger partial charge in [-0.05, 0) is 80.6 Å². The van der Waals surface area contributed by atoms with Gasteiger partial charge in [-0.3, -0.25) is 0 Å². The zero-order chi connectivity index (χ0) is 15.4. The SMILES string of the molecule is CCCNC(Cc1ccc(F)cc1Br)c1cc(Br)sc1Br. The summed E-state index contributed by atoms with van der Waals surface area (Å²) in [5, 5.41) is 3.57. The molecule has 0 spiro atoms. The van der Waals surface area contributed by atoms with E-state index in [0.29, 0.717) is 0 Å². The predicted molar refractivity (Wildman–Crippen MR) is 98.6 cm³/mol. The van der Waals surface area contributed by atoms with Crippen molar-refractivity contribution >= 4 is 59.1 Å². The molecule has 0 bridgehead atoms. The first-order valence-corrected chi connectivity index (χ1v) is 9.82. The van der Waals surface area contributed by atoms with E-state index in [4.69, 9.17) is 0 Å². The third-order valence-corrected chi connectivity index (χ3v) is 6.26. The molecule has 1 atom stereocenters. The Morgan fingerprint density at radius 1 is 1.24 bits per heavy atom. The molecule has 1 heterocycles. The van der Waals surface area contributed by atoms with Crippen molar-refractivity contribution < 1.29 is 4.39 Å². The average molecular weight is 500 g/mol. The van der Waals surface area contributed by atoms with Crippen molar-refractivity contribution in [1.29, 1.82) is 0 Å². The van der Waals surface area contributed by atoms with Gasteiger partial charge in [-0.15, -0.1) is 11.3 Å². The van der Waals surface area contributed by atoms with Gasteiger partial charge in [0.15, 0.2) is 0 Å². The van der Waals surface area contributed by atoms with Crippen LogP contribution in [0.1, 0.15) is 30.5 Å². The predicted octanol–water partition coefficient (Wildman–Crippen LogP) is 6.46. The molecule has 1 nitrogen and oxygen atoms in total. The number of rotatable bonds is 6. The zero-order valence-electron chi connectivity index (χ0n) is 11.4. The highest BCUT2D eigenvalue weighted by atomic mass is 79.9. The molecule has 1 N–H and O–H groups in total. The standard InChI is InChI=1S/C15H15Br3FNS/c1-2-5-20-13(11-8-14(17)21-15(11)18)6-9-3-4-10(19)7-12(9)16/h3-4,7-8,13,20H,2,5-6H2,1H3. The number of thiophene rings is 1. The molecule has 1 aromatic carbocycles. The Kier molecular flexibility index (Phi) is 6.87. The van der Waals surface area contributed by atoms with Crippen molar-refractivity contribution in [1.82, 2.24) is 5.32 Å². The fraction of sp³-hybridized carbons (Fsp3) is 0.333. The molecule has 0 saturated heterocycles. The second-order valence-corrected chi connectivity index (χ2v) is 9.33. The molecule has 6 heteroatoms. The lowest BCUT2D eigenvalue weighted by atomic mass is 10.0. The number of hydrogen-bond acceptors (Lipinski definition) is 2. The maximum atomic E-state index is 13.2. The summed E-state index contributed by atoms with van der Waals surface area (Å²) in [6.07, 6.45) is 1.88. The van der Waals surface area contributed by atoms with Gasteiger partial charge >= 0.3 is 0 Å². The summed E-state index contributed by atoms with van der Waals surface area (Å²) in [7, 11) is 0. The smallest absolute Gasteiger partial charge is 0.124 e. The van der Waals surface area contributed by atoms with Gasteiger partial charge in [0.05, 0.1) is 7.57 Å². The van der Waals surface area contributed by atoms with Crippen LogP contribution < -0.4 is 5.32 Å². The summed E-state index contributed by atoms with van der Waals surface area (Å²) in [4.78, 5) is 0. The minimum Gasteiger partial charge on any atom is -0.310 e. The lowest BCUT2D eigenvalue weighted by Gasteiger charge is -2.19. The Labute approximate surface area is 153 Å². The Bertz CT molecular complexity index is 615. The van der Waals surface area contributed by atoms with Crippen LogP contribution in [0.3, 0.4) is 0 Å². The average Bonchev–Trinajstić information content (AvgIpc) is 2.76. The molecule has 0 radical (unpaired) electrons. The van der Waals surface area contributed by atoms with Crippen molar-refractivity contribution in [3.05, 3.63) is 53.3 Å². The van der Waals surface area contributed by atoms with E-state index in [1.807, 2.05) is 6.07 Å². The van der Waals surface area contributed by atoms with Crippen LogP contribution in [0.2, 0.25) is 0 Å². The van der Waals surface area contributed by atoms with Crippen molar-refractivity contribution in [3.63, 3.8) is 0 Å². The Morgan fingerprint density at radius 3 is 2.57 bits per heavy atom. The van der Waals surface area contributed by atoms with E-state index in [1.54, 1.807) is 11.3 Å². The molecule has 114 valence electrons. The molecule has 0 fully saturated rings. The Morgan fingerprint density at radius 2 is 2.00 bits per heavy atom. The highest BCUT2D eigenvalue weighted by Gasteiger charge is 2.18. The second-order valence-electron chi connectivity index (χ2n) is 4.73. The molecule has 2 aromatic rings. The third kappa shape index (κ3) is 4.86. The molecule has 1 unspecified atom stereocenters. The summed E-state index contributed by atoms with van der Waals surface area (Å²) in [5.41, 5.74) is 2.33.